The molecular weight excluding hydrogens is 224 g/mol. The maximum atomic E-state index is 12.2. The molecule has 1 amide bonds. The highest BCUT2D eigenvalue weighted by molar-refractivity contribution is 5.85. The van der Waals surface area contributed by atoms with Gasteiger partial charge >= 0.3 is 0 Å². The summed E-state index contributed by atoms with van der Waals surface area (Å²) in [6, 6.07) is 10.0. The molecule has 0 aromatic heterocycles. The average Bonchev–Trinajstić information content (AvgIpc) is 2.36. The van der Waals surface area contributed by atoms with Gasteiger partial charge in [0.2, 0.25) is 5.91 Å². The van der Waals surface area contributed by atoms with Gasteiger partial charge in [-0.2, -0.15) is 0 Å². The second kappa shape index (κ2) is 6.55. The Hall–Kier alpha value is -1.35. The Morgan fingerprint density at radius 2 is 1.94 bits per heavy atom. The monoisotopic (exact) mass is 248 g/mol. The van der Waals surface area contributed by atoms with Crippen molar-refractivity contribution in [3.05, 3.63) is 35.9 Å². The zero-order valence-electron chi connectivity index (χ0n) is 11.6. The van der Waals surface area contributed by atoms with Gasteiger partial charge in [0.1, 0.15) is 0 Å². The molecule has 18 heavy (non-hydrogen) atoms. The van der Waals surface area contributed by atoms with Gasteiger partial charge in [0, 0.05) is 0 Å². The van der Waals surface area contributed by atoms with Crippen LogP contribution in [0.5, 0.6) is 0 Å². The number of nitrogens with two attached hydrogens (primary N) is 1. The number of hydrogen-bond donors (Lipinski definition) is 2. The first-order valence-corrected chi connectivity index (χ1v) is 6.66. The summed E-state index contributed by atoms with van der Waals surface area (Å²) in [5, 5.41) is 3.04. The van der Waals surface area contributed by atoms with Crippen molar-refractivity contribution in [2.75, 3.05) is 0 Å². The van der Waals surface area contributed by atoms with Crippen LogP contribution in [0.4, 0.5) is 0 Å². The Kier molecular flexibility index (Phi) is 5.35. The molecule has 0 aliphatic carbocycles. The van der Waals surface area contributed by atoms with Crippen molar-refractivity contribution >= 4 is 5.91 Å². The molecule has 0 saturated carbocycles. The van der Waals surface area contributed by atoms with Crippen LogP contribution < -0.4 is 11.1 Å². The molecular formula is C15H24N2O. The SMILES string of the molecule is CCCC(C)(N)C(=O)NC(CC)c1ccccc1. The summed E-state index contributed by atoms with van der Waals surface area (Å²) in [7, 11) is 0. The number of rotatable bonds is 6. The Labute approximate surface area is 110 Å². The minimum absolute atomic E-state index is 0.0402. The standard InChI is InChI=1S/C15H24N2O/c1-4-11-15(3,16)14(18)17-13(5-2)12-9-7-6-8-10-12/h6-10,13H,4-5,11,16H2,1-3H3,(H,17,18). The van der Waals surface area contributed by atoms with Crippen molar-refractivity contribution in [2.24, 2.45) is 5.73 Å². The Morgan fingerprint density at radius 1 is 1.33 bits per heavy atom. The molecule has 100 valence electrons. The highest BCUT2D eigenvalue weighted by Gasteiger charge is 2.28. The van der Waals surface area contributed by atoms with Crippen LogP contribution in [-0.2, 0) is 4.79 Å². The lowest BCUT2D eigenvalue weighted by molar-refractivity contribution is -0.126. The third-order valence-electron chi connectivity index (χ3n) is 3.20. The minimum atomic E-state index is -0.781. The first-order valence-electron chi connectivity index (χ1n) is 6.66. The lowest BCUT2D eigenvalue weighted by Gasteiger charge is -2.26. The van der Waals surface area contributed by atoms with Gasteiger partial charge in [0.25, 0.3) is 0 Å². The van der Waals surface area contributed by atoms with Gasteiger partial charge in [0.15, 0.2) is 0 Å². The number of amides is 1. The predicted molar refractivity (Wildman–Crippen MR) is 75.1 cm³/mol. The highest BCUT2D eigenvalue weighted by atomic mass is 16.2. The van der Waals surface area contributed by atoms with E-state index in [9.17, 15) is 4.79 Å². The average molecular weight is 248 g/mol. The van der Waals surface area contributed by atoms with Gasteiger partial charge in [0.05, 0.1) is 11.6 Å². The van der Waals surface area contributed by atoms with Crippen molar-refractivity contribution in [3.63, 3.8) is 0 Å². The molecule has 1 rings (SSSR count). The van der Waals surface area contributed by atoms with Crippen LogP contribution in [0.2, 0.25) is 0 Å². The number of benzene rings is 1. The summed E-state index contributed by atoms with van der Waals surface area (Å²) in [6.45, 7) is 5.89. The van der Waals surface area contributed by atoms with E-state index in [2.05, 4.69) is 12.2 Å². The summed E-state index contributed by atoms with van der Waals surface area (Å²) in [5.41, 5.74) is 6.38. The summed E-state index contributed by atoms with van der Waals surface area (Å²) < 4.78 is 0. The van der Waals surface area contributed by atoms with E-state index in [1.54, 1.807) is 6.92 Å². The molecule has 0 aliphatic rings. The quantitative estimate of drug-likeness (QED) is 0.813. The fourth-order valence-corrected chi connectivity index (χ4v) is 2.06. The van der Waals surface area contributed by atoms with E-state index in [1.165, 1.54) is 0 Å². The zero-order chi connectivity index (χ0) is 13.6. The zero-order valence-corrected chi connectivity index (χ0v) is 11.6. The Balaban J connectivity index is 2.73. The van der Waals surface area contributed by atoms with Gasteiger partial charge < -0.3 is 11.1 Å². The van der Waals surface area contributed by atoms with E-state index in [0.29, 0.717) is 6.42 Å². The normalized spacial score (nSPS) is 15.8. The van der Waals surface area contributed by atoms with E-state index in [4.69, 9.17) is 5.73 Å². The van der Waals surface area contributed by atoms with Crippen LogP contribution >= 0.6 is 0 Å². The van der Waals surface area contributed by atoms with Crippen LogP contribution in [0.3, 0.4) is 0 Å². The first-order chi connectivity index (χ1) is 8.51. The largest absolute Gasteiger partial charge is 0.348 e. The molecule has 0 aliphatic heterocycles. The topological polar surface area (TPSA) is 55.1 Å². The highest BCUT2D eigenvalue weighted by Crippen LogP contribution is 2.18. The molecule has 0 heterocycles. The summed E-state index contributed by atoms with van der Waals surface area (Å²) in [4.78, 5) is 12.2. The predicted octanol–water partition coefficient (Wildman–Crippen LogP) is 2.77. The number of carbonyl (C=O) groups excluding carboxylic acids is 1. The van der Waals surface area contributed by atoms with E-state index in [0.717, 1.165) is 18.4 Å². The first kappa shape index (κ1) is 14.7. The van der Waals surface area contributed by atoms with E-state index >= 15 is 0 Å². The maximum Gasteiger partial charge on any atom is 0.240 e. The van der Waals surface area contributed by atoms with Crippen LogP contribution in [-0.4, -0.2) is 11.4 Å². The van der Waals surface area contributed by atoms with Crippen molar-refractivity contribution in [3.8, 4) is 0 Å². The third kappa shape index (κ3) is 3.84. The molecule has 2 unspecified atom stereocenters. The smallest absolute Gasteiger partial charge is 0.240 e. The number of nitrogens with one attached hydrogen (secondary N) is 1. The summed E-state index contributed by atoms with van der Waals surface area (Å²) >= 11 is 0. The number of carbonyl (C=O) groups is 1. The van der Waals surface area contributed by atoms with Crippen LogP contribution in [0.25, 0.3) is 0 Å². The van der Waals surface area contributed by atoms with Crippen molar-refractivity contribution in [1.82, 2.24) is 5.32 Å². The molecule has 0 fully saturated rings. The third-order valence-corrected chi connectivity index (χ3v) is 3.20. The summed E-state index contributed by atoms with van der Waals surface area (Å²) in [5.74, 6) is -0.0694. The fourth-order valence-electron chi connectivity index (χ4n) is 2.06. The van der Waals surface area contributed by atoms with Crippen LogP contribution in [0.1, 0.15) is 51.6 Å². The van der Waals surface area contributed by atoms with Crippen molar-refractivity contribution in [1.29, 1.82) is 0 Å². The van der Waals surface area contributed by atoms with Gasteiger partial charge in [-0.1, -0.05) is 50.6 Å². The molecule has 3 heteroatoms. The molecule has 2 atom stereocenters. The molecule has 0 saturated heterocycles. The molecule has 0 bridgehead atoms. The molecule has 1 aromatic carbocycles. The molecule has 3 N–H and O–H groups in total. The van der Waals surface area contributed by atoms with E-state index in [1.807, 2.05) is 37.3 Å². The molecule has 0 spiro atoms. The van der Waals surface area contributed by atoms with Gasteiger partial charge in [-0.3, -0.25) is 4.79 Å². The lowest BCUT2D eigenvalue weighted by atomic mass is 9.95. The second-order valence-corrected chi connectivity index (χ2v) is 5.01. The van der Waals surface area contributed by atoms with Crippen LogP contribution in [0, 0.1) is 0 Å². The van der Waals surface area contributed by atoms with Gasteiger partial charge in [-0.25, -0.2) is 0 Å². The summed E-state index contributed by atoms with van der Waals surface area (Å²) in [6.07, 6.45) is 2.46. The van der Waals surface area contributed by atoms with Crippen molar-refractivity contribution < 1.29 is 4.79 Å². The second-order valence-electron chi connectivity index (χ2n) is 5.01. The molecule has 3 nitrogen and oxygen atoms in total. The fraction of sp³-hybridized carbons (Fsp3) is 0.533. The lowest BCUT2D eigenvalue weighted by Crippen LogP contribution is -2.52. The van der Waals surface area contributed by atoms with Crippen LogP contribution in [0.15, 0.2) is 30.3 Å². The molecule has 0 radical (unpaired) electrons. The number of hydrogen-bond acceptors (Lipinski definition) is 2. The van der Waals surface area contributed by atoms with Gasteiger partial charge in [-0.05, 0) is 25.3 Å². The van der Waals surface area contributed by atoms with Crippen molar-refractivity contribution in [2.45, 2.75) is 51.6 Å². The molecule has 1 aromatic rings. The van der Waals surface area contributed by atoms with E-state index in [-0.39, 0.29) is 11.9 Å². The van der Waals surface area contributed by atoms with E-state index < -0.39 is 5.54 Å². The minimum Gasteiger partial charge on any atom is -0.348 e. The maximum absolute atomic E-state index is 12.2. The van der Waals surface area contributed by atoms with Gasteiger partial charge in [-0.15, -0.1) is 0 Å². The Bertz CT molecular complexity index is 373. The Morgan fingerprint density at radius 3 is 2.44 bits per heavy atom.